The smallest absolute Gasteiger partial charge is 0.416 e. The number of rotatable bonds is 9. The van der Waals surface area contributed by atoms with Crippen molar-refractivity contribution in [1.82, 2.24) is 9.29 Å². The fourth-order valence-electron chi connectivity index (χ4n) is 4.15. The lowest BCUT2D eigenvalue weighted by Gasteiger charge is -2.22. The lowest BCUT2D eigenvalue weighted by Crippen LogP contribution is -2.40. The van der Waals surface area contributed by atoms with E-state index in [9.17, 15) is 26.4 Å². The van der Waals surface area contributed by atoms with Gasteiger partial charge in [0.15, 0.2) is 10.8 Å². The highest BCUT2D eigenvalue weighted by Gasteiger charge is 2.39. The molecule has 0 radical (unpaired) electrons. The maximum Gasteiger partial charge on any atom is 0.416 e. The quantitative estimate of drug-likeness (QED) is 0.397. The largest absolute Gasteiger partial charge is 0.489 e. The first-order valence-electron chi connectivity index (χ1n) is 11.5. The van der Waals surface area contributed by atoms with Gasteiger partial charge in [-0.25, -0.2) is 13.4 Å². The van der Waals surface area contributed by atoms with Crippen molar-refractivity contribution in [2.45, 2.75) is 49.5 Å². The number of carbonyl (C=O) groups is 1. The van der Waals surface area contributed by atoms with Crippen molar-refractivity contribution in [3.05, 3.63) is 89.6 Å². The molecule has 1 saturated heterocycles. The average molecular weight is 519 g/mol. The van der Waals surface area contributed by atoms with Crippen LogP contribution in [0.4, 0.5) is 13.2 Å². The summed E-state index contributed by atoms with van der Waals surface area (Å²) in [6.45, 7) is 0.380. The molecule has 190 valence electrons. The average Bonchev–Trinajstić information content (AvgIpc) is 3.38. The van der Waals surface area contributed by atoms with Gasteiger partial charge in [-0.3, -0.25) is 4.79 Å². The summed E-state index contributed by atoms with van der Waals surface area (Å²) in [6, 6.07) is 15.8. The first kappa shape index (κ1) is 25.8. The number of benzene rings is 2. The molecule has 0 bridgehead atoms. The molecule has 1 aliphatic heterocycles. The van der Waals surface area contributed by atoms with Gasteiger partial charge in [-0.15, -0.1) is 0 Å². The summed E-state index contributed by atoms with van der Waals surface area (Å²) in [5.41, 5.74) is 0.719. The molecule has 2 heterocycles. The Balaban J connectivity index is 1.34. The number of aromatic nitrogens is 1. The van der Waals surface area contributed by atoms with Crippen LogP contribution in [0.15, 0.2) is 78.0 Å². The summed E-state index contributed by atoms with van der Waals surface area (Å²) < 4.78 is 71.0. The van der Waals surface area contributed by atoms with Crippen molar-refractivity contribution in [3.63, 3.8) is 0 Å². The van der Waals surface area contributed by atoms with E-state index in [-0.39, 0.29) is 30.4 Å². The number of aryl methyl sites for hydroxylation is 1. The fraction of sp³-hybridized carbons (Fsp3) is 0.308. The van der Waals surface area contributed by atoms with Crippen molar-refractivity contribution in [1.29, 1.82) is 0 Å². The van der Waals surface area contributed by atoms with E-state index < -0.39 is 27.8 Å². The van der Waals surface area contributed by atoms with Gasteiger partial charge in [0.1, 0.15) is 12.4 Å². The number of ketones is 1. The number of alkyl halides is 3. The van der Waals surface area contributed by atoms with Crippen molar-refractivity contribution in [2.75, 3.05) is 6.54 Å². The second kappa shape index (κ2) is 10.8. The second-order valence-electron chi connectivity index (χ2n) is 8.54. The van der Waals surface area contributed by atoms with Crippen LogP contribution < -0.4 is 4.74 Å². The molecule has 6 nitrogen and oxygen atoms in total. The molecule has 2 aromatic carbocycles. The highest BCUT2D eigenvalue weighted by Crippen LogP contribution is 2.30. The Hall–Kier alpha value is -3.24. The lowest BCUT2D eigenvalue weighted by atomic mass is 10.0. The minimum absolute atomic E-state index is 0.0670. The van der Waals surface area contributed by atoms with Crippen molar-refractivity contribution in [3.8, 4) is 5.75 Å². The maximum absolute atomic E-state index is 13.0. The number of hydrogen-bond donors (Lipinski definition) is 0. The van der Waals surface area contributed by atoms with Crippen molar-refractivity contribution < 1.29 is 31.1 Å². The molecule has 10 heteroatoms. The number of sulfonamides is 1. The highest BCUT2D eigenvalue weighted by atomic mass is 32.2. The third kappa shape index (κ3) is 6.11. The summed E-state index contributed by atoms with van der Waals surface area (Å²) in [4.78, 5) is 16.9. The number of nitrogens with zero attached hydrogens (tertiary/aromatic N) is 2. The van der Waals surface area contributed by atoms with Crippen LogP contribution in [-0.2, 0) is 34.0 Å². The Labute approximate surface area is 207 Å². The molecular formula is C26H25F3N2O4S. The molecule has 0 N–H and O–H groups in total. The molecule has 0 amide bonds. The topological polar surface area (TPSA) is 76.6 Å². The number of hydrogen-bond acceptors (Lipinski definition) is 5. The third-order valence-corrected chi connectivity index (χ3v) is 7.86. The van der Waals surface area contributed by atoms with E-state index >= 15 is 0 Å². The normalized spacial score (nSPS) is 16.7. The van der Waals surface area contributed by atoms with E-state index in [1.807, 2.05) is 6.07 Å². The lowest BCUT2D eigenvalue weighted by molar-refractivity contribution is -0.137. The summed E-state index contributed by atoms with van der Waals surface area (Å²) >= 11 is 0. The molecule has 1 aliphatic rings. The molecule has 1 aromatic heterocycles. The monoisotopic (exact) mass is 518 g/mol. The van der Waals surface area contributed by atoms with Gasteiger partial charge in [0.25, 0.3) is 10.0 Å². The standard InChI is InChI=1S/C26H25F3N2O4S/c27-26(28,29)21-12-9-20(10-13-21)18-35-22-6-3-5-19(17-22)11-14-24(32)23-7-4-16-31(23)36(33,34)25-8-1-2-15-30-25/h1-3,5-6,8-10,12-13,15,17,23H,4,7,11,14,16,18H2/t23-/m0/s1. The molecule has 1 atom stereocenters. The first-order chi connectivity index (χ1) is 17.1. The fourth-order valence-corrected chi connectivity index (χ4v) is 5.76. The summed E-state index contributed by atoms with van der Waals surface area (Å²) in [5, 5.41) is -0.0670. The predicted molar refractivity (Wildman–Crippen MR) is 127 cm³/mol. The van der Waals surface area contributed by atoms with E-state index in [0.717, 1.165) is 17.7 Å². The van der Waals surface area contributed by atoms with E-state index in [4.69, 9.17) is 4.74 Å². The SMILES string of the molecule is O=C(CCc1cccc(OCc2ccc(C(F)(F)F)cc2)c1)[C@@H]1CCCN1S(=O)(=O)c1ccccn1. The van der Waals surface area contributed by atoms with Gasteiger partial charge in [0, 0.05) is 19.2 Å². The van der Waals surface area contributed by atoms with Gasteiger partial charge in [0.2, 0.25) is 0 Å². The Morgan fingerprint density at radius 3 is 2.50 bits per heavy atom. The molecule has 36 heavy (non-hydrogen) atoms. The first-order valence-corrected chi connectivity index (χ1v) is 12.9. The Morgan fingerprint density at radius 2 is 1.81 bits per heavy atom. The predicted octanol–water partition coefficient (Wildman–Crippen LogP) is 5.03. The van der Waals surface area contributed by atoms with Crippen LogP contribution in [0.3, 0.4) is 0 Å². The van der Waals surface area contributed by atoms with Gasteiger partial charge in [0.05, 0.1) is 11.6 Å². The molecular weight excluding hydrogens is 493 g/mol. The number of halogens is 3. The summed E-state index contributed by atoms with van der Waals surface area (Å²) in [5.74, 6) is 0.378. The molecule has 1 fully saturated rings. The number of ether oxygens (including phenoxy) is 1. The molecule has 4 rings (SSSR count). The summed E-state index contributed by atoms with van der Waals surface area (Å²) in [6.07, 6.45) is -1.32. The Morgan fingerprint density at radius 1 is 1.03 bits per heavy atom. The molecule has 0 saturated carbocycles. The van der Waals surface area contributed by atoms with Crippen LogP contribution in [0.1, 0.15) is 36.0 Å². The zero-order valence-corrected chi connectivity index (χ0v) is 20.1. The van der Waals surface area contributed by atoms with E-state index in [1.165, 1.54) is 28.7 Å². The second-order valence-corrected chi connectivity index (χ2v) is 10.4. The van der Waals surface area contributed by atoms with Gasteiger partial charge >= 0.3 is 6.18 Å². The van der Waals surface area contributed by atoms with E-state index in [2.05, 4.69) is 4.98 Å². The Bertz CT molecular complexity index is 1300. The van der Waals surface area contributed by atoms with Crippen molar-refractivity contribution in [2.24, 2.45) is 0 Å². The number of Topliss-reactive ketones (excluding diaryl/α,β-unsaturated/α-hetero) is 1. The Kier molecular flexibility index (Phi) is 7.75. The minimum atomic E-state index is -4.39. The molecule has 3 aromatic rings. The summed E-state index contributed by atoms with van der Waals surface area (Å²) in [7, 11) is -3.85. The van der Waals surface area contributed by atoms with Crippen LogP contribution in [0.25, 0.3) is 0 Å². The highest BCUT2D eigenvalue weighted by molar-refractivity contribution is 7.89. The maximum atomic E-state index is 13.0. The molecule has 0 spiro atoms. The van der Waals surface area contributed by atoms with Crippen LogP contribution in [-0.4, -0.2) is 36.1 Å². The minimum Gasteiger partial charge on any atom is -0.489 e. The van der Waals surface area contributed by atoms with E-state index in [1.54, 1.807) is 30.3 Å². The zero-order valence-electron chi connectivity index (χ0n) is 19.3. The van der Waals surface area contributed by atoms with Gasteiger partial charge in [-0.05, 0) is 66.8 Å². The van der Waals surface area contributed by atoms with Gasteiger partial charge in [-0.2, -0.15) is 17.5 Å². The van der Waals surface area contributed by atoms with Crippen molar-refractivity contribution >= 4 is 15.8 Å². The molecule has 0 aliphatic carbocycles. The molecule has 0 unspecified atom stereocenters. The number of carbonyl (C=O) groups excluding carboxylic acids is 1. The zero-order chi connectivity index (χ0) is 25.8. The van der Waals surface area contributed by atoms with Crippen LogP contribution in [0.5, 0.6) is 5.75 Å². The van der Waals surface area contributed by atoms with Crippen LogP contribution in [0, 0.1) is 0 Å². The van der Waals surface area contributed by atoms with Gasteiger partial charge in [-0.1, -0.05) is 30.3 Å². The van der Waals surface area contributed by atoms with Crippen LogP contribution >= 0.6 is 0 Å². The number of pyridine rings is 1. The van der Waals surface area contributed by atoms with Gasteiger partial charge < -0.3 is 4.74 Å². The van der Waals surface area contributed by atoms with Crippen LogP contribution in [0.2, 0.25) is 0 Å². The third-order valence-electron chi connectivity index (χ3n) is 6.03. The van der Waals surface area contributed by atoms with E-state index in [0.29, 0.717) is 30.6 Å².